The third kappa shape index (κ3) is 9.03. The van der Waals surface area contributed by atoms with Gasteiger partial charge in [0.25, 0.3) is 0 Å². The normalized spacial score (nSPS) is 18.0. The molecule has 0 bridgehead atoms. The summed E-state index contributed by atoms with van der Waals surface area (Å²) < 4.78 is 4.79. The van der Waals surface area contributed by atoms with E-state index in [0.29, 0.717) is 12.2 Å². The fraction of sp³-hybridized carbons (Fsp3) is 0.222. The van der Waals surface area contributed by atoms with Crippen molar-refractivity contribution in [1.82, 2.24) is 5.32 Å². The van der Waals surface area contributed by atoms with E-state index in [1.807, 2.05) is 63.9 Å². The summed E-state index contributed by atoms with van der Waals surface area (Å²) >= 11 is 0. The number of nitrogens with one attached hydrogen (secondary N) is 1. The van der Waals surface area contributed by atoms with Crippen molar-refractivity contribution in [1.29, 1.82) is 5.26 Å². The van der Waals surface area contributed by atoms with E-state index in [9.17, 15) is 4.79 Å². The molecule has 0 spiro atoms. The summed E-state index contributed by atoms with van der Waals surface area (Å²) in [7, 11) is 0. The van der Waals surface area contributed by atoms with E-state index < -0.39 is 5.97 Å². The second kappa shape index (κ2) is 13.5. The standard InChI is InChI=1S/C13H15N2O2.C5H5.Fe/c1-3-17-13(16)12(8-14)10(2)15-9-11-6-4-5-7-11;1-2-4-5-3-1;/h4-7,15H,3,9H2,1-2H3;1-5H;/q;;+2/b12-10-;;. The summed E-state index contributed by atoms with van der Waals surface area (Å²) in [6.45, 7) is 4.25. The molecule has 0 aromatic carbocycles. The zero-order valence-electron chi connectivity index (χ0n) is 13.2. The van der Waals surface area contributed by atoms with Crippen LogP contribution in [0.3, 0.4) is 0 Å². The van der Waals surface area contributed by atoms with Crippen LogP contribution in [0.5, 0.6) is 0 Å². The number of carbonyl (C=O) groups is 1. The van der Waals surface area contributed by atoms with E-state index >= 15 is 0 Å². The Hall–Kier alpha value is -0.981. The van der Waals surface area contributed by atoms with E-state index in [4.69, 9.17) is 10.00 Å². The van der Waals surface area contributed by atoms with Gasteiger partial charge >= 0.3 is 23.0 Å². The van der Waals surface area contributed by atoms with Crippen LogP contribution < -0.4 is 5.32 Å². The Morgan fingerprint density at radius 1 is 1.13 bits per heavy atom. The third-order valence-electron chi connectivity index (χ3n) is 2.81. The van der Waals surface area contributed by atoms with Crippen molar-refractivity contribution in [2.24, 2.45) is 0 Å². The maximum atomic E-state index is 11.4. The molecular weight excluding hydrogens is 332 g/mol. The number of nitriles is 1. The average molecular weight is 352 g/mol. The molecular formula is C18H20FeN2O2+2. The minimum absolute atomic E-state index is 0. The van der Waals surface area contributed by atoms with Gasteiger partial charge in [-0.1, -0.05) is 0 Å². The van der Waals surface area contributed by atoms with E-state index in [-0.39, 0.29) is 29.2 Å². The molecule has 10 radical (unpaired) electrons. The topological polar surface area (TPSA) is 62.1 Å². The van der Waals surface area contributed by atoms with Crippen LogP contribution >= 0.6 is 0 Å². The Morgan fingerprint density at radius 2 is 1.65 bits per heavy atom. The van der Waals surface area contributed by atoms with Crippen LogP contribution in [0.25, 0.3) is 0 Å². The van der Waals surface area contributed by atoms with Crippen LogP contribution in [-0.2, 0) is 26.6 Å². The Morgan fingerprint density at radius 3 is 2.09 bits per heavy atom. The quantitative estimate of drug-likeness (QED) is 0.357. The van der Waals surface area contributed by atoms with Crippen molar-refractivity contribution in [3.63, 3.8) is 0 Å². The molecule has 0 amide bonds. The summed E-state index contributed by atoms with van der Waals surface area (Å²) in [4.78, 5) is 11.4. The summed E-state index contributed by atoms with van der Waals surface area (Å²) in [5.41, 5.74) is 0.561. The molecule has 5 heteroatoms. The second-order valence-corrected chi connectivity index (χ2v) is 4.44. The van der Waals surface area contributed by atoms with Crippen LogP contribution in [-0.4, -0.2) is 19.1 Å². The van der Waals surface area contributed by atoms with Gasteiger partial charge in [-0.3, -0.25) is 0 Å². The Bertz CT molecular complexity index is 398. The van der Waals surface area contributed by atoms with E-state index in [1.54, 1.807) is 13.8 Å². The van der Waals surface area contributed by atoms with Crippen LogP contribution in [0, 0.1) is 75.0 Å². The maximum absolute atomic E-state index is 11.4. The number of nitrogens with zero attached hydrogens (tertiary/aromatic N) is 1. The number of hydrogen-bond donors (Lipinski definition) is 1. The van der Waals surface area contributed by atoms with Crippen LogP contribution in [0.2, 0.25) is 0 Å². The SMILES string of the molecule is CCOC(=O)/C(C#N)=C(/C)NC[C]1[CH][CH][CH][CH]1.[CH]1[CH][CH][CH][CH]1.[Fe+2]. The van der Waals surface area contributed by atoms with Gasteiger partial charge in [0, 0.05) is 18.2 Å². The largest absolute Gasteiger partial charge is 2.00 e. The van der Waals surface area contributed by atoms with Gasteiger partial charge in [0.1, 0.15) is 6.07 Å². The molecule has 0 heterocycles. The molecule has 0 aromatic rings. The maximum Gasteiger partial charge on any atom is 2.00 e. The van der Waals surface area contributed by atoms with Crippen LogP contribution in [0.15, 0.2) is 11.3 Å². The van der Waals surface area contributed by atoms with Gasteiger partial charge in [0.2, 0.25) is 0 Å². The number of esters is 1. The van der Waals surface area contributed by atoms with Crippen LogP contribution in [0.4, 0.5) is 0 Å². The monoisotopic (exact) mass is 352 g/mol. The predicted octanol–water partition coefficient (Wildman–Crippen LogP) is 2.36. The molecule has 2 aliphatic rings. The van der Waals surface area contributed by atoms with Crippen molar-refractivity contribution in [3.05, 3.63) is 75.0 Å². The fourth-order valence-corrected chi connectivity index (χ4v) is 1.66. The van der Waals surface area contributed by atoms with E-state index in [0.717, 1.165) is 5.92 Å². The molecule has 0 saturated heterocycles. The first-order chi connectivity index (χ1) is 10.7. The number of hydrogen-bond acceptors (Lipinski definition) is 4. The molecule has 0 atom stereocenters. The number of rotatable bonds is 5. The predicted molar refractivity (Wildman–Crippen MR) is 84.9 cm³/mol. The van der Waals surface area contributed by atoms with Gasteiger partial charge in [0.05, 0.1) is 6.61 Å². The van der Waals surface area contributed by atoms with Gasteiger partial charge in [-0.25, -0.2) is 4.79 Å². The number of allylic oxidation sites excluding steroid dienone is 1. The minimum atomic E-state index is -0.581. The molecule has 1 N–H and O–H groups in total. The van der Waals surface area contributed by atoms with Gasteiger partial charge in [-0.2, -0.15) is 5.26 Å². The molecule has 0 aliphatic heterocycles. The van der Waals surface area contributed by atoms with Gasteiger partial charge in [-0.05, 0) is 71.6 Å². The van der Waals surface area contributed by atoms with Gasteiger partial charge in [-0.15, -0.1) is 0 Å². The smallest absolute Gasteiger partial charge is 0.462 e. The van der Waals surface area contributed by atoms with E-state index in [2.05, 4.69) is 5.32 Å². The fourth-order valence-electron chi connectivity index (χ4n) is 1.66. The van der Waals surface area contributed by atoms with Gasteiger partial charge in [0.15, 0.2) is 5.57 Å². The van der Waals surface area contributed by atoms with Crippen LogP contribution in [0.1, 0.15) is 13.8 Å². The van der Waals surface area contributed by atoms with Crippen molar-refractivity contribution in [3.8, 4) is 6.07 Å². The summed E-state index contributed by atoms with van der Waals surface area (Å²) in [5.74, 6) is 0.521. The first-order valence-corrected chi connectivity index (χ1v) is 7.08. The van der Waals surface area contributed by atoms with E-state index in [1.165, 1.54) is 0 Å². The average Bonchev–Trinajstić information content (AvgIpc) is 3.22. The molecule has 2 rings (SSSR count). The molecule has 0 unspecified atom stereocenters. The summed E-state index contributed by atoms with van der Waals surface area (Å²) in [5, 5.41) is 11.9. The number of carbonyl (C=O) groups excluding carboxylic acids is 1. The second-order valence-electron chi connectivity index (χ2n) is 4.44. The zero-order chi connectivity index (χ0) is 16.2. The first kappa shape index (κ1) is 22.0. The Balaban J connectivity index is 0.000000684. The summed E-state index contributed by atoms with van der Waals surface area (Å²) in [6, 6.07) is 1.86. The third-order valence-corrected chi connectivity index (χ3v) is 2.81. The van der Waals surface area contributed by atoms with Crippen molar-refractivity contribution in [2.45, 2.75) is 13.8 Å². The number of ether oxygens (including phenoxy) is 1. The molecule has 2 fully saturated rings. The molecule has 2 saturated carbocycles. The van der Waals surface area contributed by atoms with Crippen molar-refractivity contribution >= 4 is 5.97 Å². The molecule has 0 aromatic heterocycles. The first-order valence-electron chi connectivity index (χ1n) is 7.08. The summed E-state index contributed by atoms with van der Waals surface area (Å²) in [6.07, 6.45) is 17.8. The molecule has 23 heavy (non-hydrogen) atoms. The molecule has 2 aliphatic carbocycles. The minimum Gasteiger partial charge on any atom is -0.462 e. The van der Waals surface area contributed by atoms with Gasteiger partial charge < -0.3 is 10.1 Å². The zero-order valence-corrected chi connectivity index (χ0v) is 14.3. The molecule has 4 nitrogen and oxygen atoms in total. The Labute approximate surface area is 151 Å². The molecule has 120 valence electrons. The van der Waals surface area contributed by atoms with Crippen molar-refractivity contribution in [2.75, 3.05) is 13.2 Å². The van der Waals surface area contributed by atoms with Crippen molar-refractivity contribution < 1.29 is 26.6 Å². The Kier molecular flexibility index (Phi) is 12.9.